The van der Waals surface area contributed by atoms with E-state index in [0.29, 0.717) is 24.2 Å². The topological polar surface area (TPSA) is 54.9 Å². The number of hydrogen-bond donors (Lipinski definition) is 1. The van der Waals surface area contributed by atoms with Gasteiger partial charge in [-0.25, -0.2) is 9.97 Å². The third-order valence-corrected chi connectivity index (χ3v) is 3.67. The van der Waals surface area contributed by atoms with Crippen molar-refractivity contribution in [3.8, 4) is 0 Å². The number of carbonyl (C=O) groups is 1. The third kappa shape index (κ3) is 3.94. The molecule has 0 radical (unpaired) electrons. The summed E-state index contributed by atoms with van der Waals surface area (Å²) in [7, 11) is 0. The first kappa shape index (κ1) is 13.8. The molecule has 4 nitrogen and oxygen atoms in total. The average molecular weight is 294 g/mol. The molecule has 0 saturated carbocycles. The van der Waals surface area contributed by atoms with Gasteiger partial charge in [0.25, 0.3) is 0 Å². The van der Waals surface area contributed by atoms with E-state index < -0.39 is 0 Å². The van der Waals surface area contributed by atoms with E-state index >= 15 is 0 Å². The molecule has 19 heavy (non-hydrogen) atoms. The van der Waals surface area contributed by atoms with E-state index in [1.807, 2.05) is 18.2 Å². The lowest BCUT2D eigenvalue weighted by molar-refractivity contribution is 0.112. The van der Waals surface area contributed by atoms with Gasteiger partial charge in [-0.15, -0.1) is 11.8 Å². The Morgan fingerprint density at radius 1 is 1.26 bits per heavy atom. The first-order valence-corrected chi connectivity index (χ1v) is 7.05. The second kappa shape index (κ2) is 7.11. The van der Waals surface area contributed by atoms with Crippen molar-refractivity contribution in [1.82, 2.24) is 9.97 Å². The minimum atomic E-state index is 0.170. The van der Waals surface area contributed by atoms with Crippen molar-refractivity contribution in [3.05, 3.63) is 47.4 Å². The number of nitrogens with zero attached hydrogens (tertiary/aromatic N) is 2. The zero-order valence-corrected chi connectivity index (χ0v) is 11.6. The quantitative estimate of drug-likeness (QED) is 0.384. The highest BCUT2D eigenvalue weighted by Gasteiger charge is 2.07. The van der Waals surface area contributed by atoms with Crippen LogP contribution in [0.25, 0.3) is 0 Å². The van der Waals surface area contributed by atoms with Crippen LogP contribution >= 0.6 is 23.4 Å². The fraction of sp³-hybridized carbons (Fsp3) is 0.154. The summed E-state index contributed by atoms with van der Waals surface area (Å²) in [6.07, 6.45) is 2.00. The van der Waals surface area contributed by atoms with Crippen molar-refractivity contribution in [1.29, 1.82) is 0 Å². The Hall–Kier alpha value is -1.59. The largest absolute Gasteiger partial charge is 0.368 e. The number of anilines is 1. The van der Waals surface area contributed by atoms with Crippen LogP contribution in [-0.4, -0.2) is 28.6 Å². The number of hydrogen-bond acceptors (Lipinski definition) is 5. The summed E-state index contributed by atoms with van der Waals surface area (Å²) in [5, 5.41) is 3.26. The summed E-state index contributed by atoms with van der Waals surface area (Å²) in [6, 6.07) is 10.1. The lowest BCUT2D eigenvalue weighted by Gasteiger charge is -2.07. The lowest BCUT2D eigenvalue weighted by Crippen LogP contribution is -2.08. The number of aromatic nitrogens is 2. The van der Waals surface area contributed by atoms with Gasteiger partial charge in [0, 0.05) is 17.2 Å². The standard InChI is InChI=1S/C13H12ClN3OS/c14-12-11(8-18)13(17-9-16-12)15-6-7-19-10-4-2-1-3-5-10/h1-5,8-9H,6-7H2,(H,15,16,17). The minimum absolute atomic E-state index is 0.170. The van der Waals surface area contributed by atoms with Gasteiger partial charge in [-0.2, -0.15) is 0 Å². The highest BCUT2D eigenvalue weighted by molar-refractivity contribution is 7.99. The highest BCUT2D eigenvalue weighted by atomic mass is 35.5. The first-order chi connectivity index (χ1) is 9.31. The summed E-state index contributed by atoms with van der Waals surface area (Å²) in [5.74, 6) is 1.34. The van der Waals surface area contributed by atoms with Gasteiger partial charge < -0.3 is 5.32 Å². The zero-order valence-electron chi connectivity index (χ0n) is 10.0. The van der Waals surface area contributed by atoms with Gasteiger partial charge in [0.05, 0.1) is 5.56 Å². The van der Waals surface area contributed by atoms with Crippen LogP contribution in [0.5, 0.6) is 0 Å². The maximum Gasteiger partial charge on any atom is 0.156 e. The molecule has 1 N–H and O–H groups in total. The van der Waals surface area contributed by atoms with E-state index in [1.54, 1.807) is 11.8 Å². The molecule has 0 saturated heterocycles. The molecule has 2 rings (SSSR count). The van der Waals surface area contributed by atoms with Gasteiger partial charge in [0.15, 0.2) is 6.29 Å². The minimum Gasteiger partial charge on any atom is -0.368 e. The number of halogens is 1. The Balaban J connectivity index is 1.86. The molecule has 6 heteroatoms. The van der Waals surface area contributed by atoms with Gasteiger partial charge in [-0.1, -0.05) is 29.8 Å². The summed E-state index contributed by atoms with van der Waals surface area (Å²) >= 11 is 7.54. The lowest BCUT2D eigenvalue weighted by atomic mass is 10.3. The van der Waals surface area contributed by atoms with E-state index in [4.69, 9.17) is 11.6 Å². The van der Waals surface area contributed by atoms with E-state index in [0.717, 1.165) is 5.75 Å². The van der Waals surface area contributed by atoms with Crippen molar-refractivity contribution in [2.24, 2.45) is 0 Å². The molecule has 0 amide bonds. The first-order valence-electron chi connectivity index (χ1n) is 5.68. The summed E-state index contributed by atoms with van der Waals surface area (Å²) in [5.41, 5.74) is 0.300. The predicted molar refractivity (Wildman–Crippen MR) is 78.1 cm³/mol. The van der Waals surface area contributed by atoms with Crippen LogP contribution in [0.1, 0.15) is 10.4 Å². The number of nitrogens with one attached hydrogen (secondary N) is 1. The van der Waals surface area contributed by atoms with Gasteiger partial charge in [0.2, 0.25) is 0 Å². The Kier molecular flexibility index (Phi) is 5.18. The average Bonchev–Trinajstić information content (AvgIpc) is 2.45. The normalized spacial score (nSPS) is 10.2. The summed E-state index contributed by atoms with van der Waals surface area (Å²) in [6.45, 7) is 0.688. The second-order valence-corrected chi connectivity index (χ2v) is 5.16. The Morgan fingerprint density at radius 2 is 2.05 bits per heavy atom. The highest BCUT2D eigenvalue weighted by Crippen LogP contribution is 2.19. The van der Waals surface area contributed by atoms with Crippen LogP contribution in [-0.2, 0) is 0 Å². The molecule has 98 valence electrons. The fourth-order valence-corrected chi connectivity index (χ4v) is 2.44. The Morgan fingerprint density at radius 3 is 2.79 bits per heavy atom. The van der Waals surface area contributed by atoms with Crippen LogP contribution in [0.4, 0.5) is 5.82 Å². The molecule has 1 heterocycles. The van der Waals surface area contributed by atoms with Gasteiger partial charge in [-0.05, 0) is 12.1 Å². The molecule has 0 spiro atoms. The van der Waals surface area contributed by atoms with Crippen LogP contribution in [0, 0.1) is 0 Å². The smallest absolute Gasteiger partial charge is 0.156 e. The van der Waals surface area contributed by atoms with Crippen LogP contribution in [0.15, 0.2) is 41.6 Å². The summed E-state index contributed by atoms with van der Waals surface area (Å²) < 4.78 is 0. The molecule has 0 aliphatic carbocycles. The van der Waals surface area contributed by atoms with Crippen LogP contribution in [0.2, 0.25) is 5.15 Å². The van der Waals surface area contributed by atoms with Gasteiger partial charge in [0.1, 0.15) is 17.3 Å². The molecular formula is C13H12ClN3OS. The maximum absolute atomic E-state index is 10.9. The molecular weight excluding hydrogens is 282 g/mol. The fourth-order valence-electron chi connectivity index (χ4n) is 1.47. The SMILES string of the molecule is O=Cc1c(Cl)ncnc1NCCSc1ccccc1. The van der Waals surface area contributed by atoms with Crippen molar-refractivity contribution >= 4 is 35.5 Å². The number of thioether (sulfide) groups is 1. The third-order valence-electron chi connectivity index (χ3n) is 2.36. The molecule has 2 aromatic rings. The summed E-state index contributed by atoms with van der Waals surface area (Å²) in [4.78, 5) is 19.9. The number of aldehydes is 1. The molecule has 0 bridgehead atoms. The van der Waals surface area contributed by atoms with Crippen LogP contribution < -0.4 is 5.32 Å². The van der Waals surface area contributed by atoms with E-state index in [-0.39, 0.29) is 5.15 Å². The van der Waals surface area contributed by atoms with Gasteiger partial charge >= 0.3 is 0 Å². The monoisotopic (exact) mass is 293 g/mol. The number of benzene rings is 1. The number of carbonyl (C=O) groups excluding carboxylic acids is 1. The maximum atomic E-state index is 10.9. The van der Waals surface area contributed by atoms with E-state index in [1.165, 1.54) is 11.2 Å². The second-order valence-electron chi connectivity index (χ2n) is 3.63. The zero-order chi connectivity index (χ0) is 13.5. The molecule has 1 aromatic heterocycles. The molecule has 1 aromatic carbocycles. The Bertz CT molecular complexity index is 551. The molecule has 0 aliphatic rings. The molecule has 0 fully saturated rings. The predicted octanol–water partition coefficient (Wildman–Crippen LogP) is 3.15. The molecule has 0 unspecified atom stereocenters. The van der Waals surface area contributed by atoms with Crippen molar-refractivity contribution in [2.45, 2.75) is 4.90 Å². The van der Waals surface area contributed by atoms with Crippen molar-refractivity contribution in [3.63, 3.8) is 0 Å². The van der Waals surface area contributed by atoms with E-state index in [9.17, 15) is 4.79 Å². The van der Waals surface area contributed by atoms with Crippen molar-refractivity contribution < 1.29 is 4.79 Å². The van der Waals surface area contributed by atoms with Gasteiger partial charge in [-0.3, -0.25) is 4.79 Å². The number of rotatable bonds is 6. The molecule has 0 aliphatic heterocycles. The van der Waals surface area contributed by atoms with Crippen LogP contribution in [0.3, 0.4) is 0 Å². The van der Waals surface area contributed by atoms with E-state index in [2.05, 4.69) is 27.4 Å². The van der Waals surface area contributed by atoms with Crippen molar-refractivity contribution in [2.75, 3.05) is 17.6 Å². The Labute approximate surface area is 120 Å². The molecule has 0 atom stereocenters.